The molecular weight excluding hydrogens is 278 g/mol. The van der Waals surface area contributed by atoms with Gasteiger partial charge in [0.15, 0.2) is 0 Å². The number of pyridine rings is 1. The van der Waals surface area contributed by atoms with E-state index in [0.717, 1.165) is 34.9 Å². The van der Waals surface area contributed by atoms with E-state index < -0.39 is 0 Å². The third kappa shape index (κ3) is 3.28. The van der Waals surface area contributed by atoms with E-state index in [9.17, 15) is 0 Å². The highest BCUT2D eigenvalue weighted by atomic mass is 32.1. The number of aromatic nitrogens is 2. The van der Waals surface area contributed by atoms with Gasteiger partial charge in [0.05, 0.1) is 22.3 Å². The lowest BCUT2D eigenvalue weighted by molar-refractivity contribution is 0.534. The summed E-state index contributed by atoms with van der Waals surface area (Å²) >= 11 is 1.70. The predicted molar refractivity (Wildman–Crippen MR) is 88.7 cm³/mol. The van der Waals surface area contributed by atoms with E-state index >= 15 is 0 Å². The van der Waals surface area contributed by atoms with Crippen molar-refractivity contribution in [3.63, 3.8) is 0 Å². The molecule has 0 bridgehead atoms. The topological polar surface area (TPSA) is 37.8 Å². The minimum absolute atomic E-state index is 0.230. The van der Waals surface area contributed by atoms with Crippen LogP contribution in [0, 0.1) is 6.92 Å². The zero-order valence-electron chi connectivity index (χ0n) is 12.3. The monoisotopic (exact) mass is 297 g/mol. The fourth-order valence-corrected chi connectivity index (χ4v) is 3.17. The molecule has 0 amide bonds. The predicted octanol–water partition coefficient (Wildman–Crippen LogP) is 3.89. The van der Waals surface area contributed by atoms with Gasteiger partial charge >= 0.3 is 0 Å². The van der Waals surface area contributed by atoms with E-state index in [1.54, 1.807) is 11.3 Å². The third-order valence-electron chi connectivity index (χ3n) is 3.51. The molecule has 0 fully saturated rings. The first-order valence-electron chi connectivity index (χ1n) is 7.26. The average molecular weight is 297 g/mol. The van der Waals surface area contributed by atoms with Gasteiger partial charge in [-0.05, 0) is 25.6 Å². The maximum atomic E-state index is 4.77. The van der Waals surface area contributed by atoms with Gasteiger partial charge < -0.3 is 5.32 Å². The molecule has 2 heterocycles. The molecule has 2 aromatic heterocycles. The van der Waals surface area contributed by atoms with Gasteiger partial charge in [-0.15, -0.1) is 11.3 Å². The Morgan fingerprint density at radius 2 is 2.00 bits per heavy atom. The number of rotatable bonds is 5. The highest BCUT2D eigenvalue weighted by Gasteiger charge is 2.15. The van der Waals surface area contributed by atoms with Crippen LogP contribution in [0.5, 0.6) is 0 Å². The Labute approximate surface area is 129 Å². The molecular formula is C17H19N3S. The Morgan fingerprint density at radius 1 is 1.14 bits per heavy atom. The van der Waals surface area contributed by atoms with Crippen LogP contribution in [0.3, 0.4) is 0 Å². The Hall–Kier alpha value is -1.78. The van der Waals surface area contributed by atoms with Gasteiger partial charge in [0.25, 0.3) is 0 Å². The van der Waals surface area contributed by atoms with Gasteiger partial charge in [-0.2, -0.15) is 0 Å². The number of aryl methyl sites for hydroxylation is 1. The van der Waals surface area contributed by atoms with Crippen molar-refractivity contribution in [2.24, 2.45) is 0 Å². The lowest BCUT2D eigenvalue weighted by Crippen LogP contribution is -2.23. The number of likely N-dealkylation sites (N-methyl/N-ethyl adjacent to an activating group) is 1. The second-order valence-electron chi connectivity index (χ2n) is 5.10. The fraction of sp³-hybridized carbons (Fsp3) is 0.294. The molecule has 1 atom stereocenters. The van der Waals surface area contributed by atoms with Crippen LogP contribution in [0.4, 0.5) is 0 Å². The summed E-state index contributed by atoms with van der Waals surface area (Å²) in [5, 5.41) is 7.95. The standard InChI is InChI=1S/C17H19N3S/c1-3-18-16(17-11-21-12(2)19-17)10-14-9-8-13-6-4-5-7-15(13)20-14/h4-9,11,16,18H,3,10H2,1-2H3. The van der Waals surface area contributed by atoms with Crippen molar-refractivity contribution in [2.45, 2.75) is 26.3 Å². The molecule has 0 spiro atoms. The van der Waals surface area contributed by atoms with Gasteiger partial charge in [0.2, 0.25) is 0 Å². The van der Waals surface area contributed by atoms with Crippen LogP contribution in [-0.2, 0) is 6.42 Å². The molecule has 21 heavy (non-hydrogen) atoms. The van der Waals surface area contributed by atoms with Crippen LogP contribution in [0.2, 0.25) is 0 Å². The molecule has 3 rings (SSSR count). The van der Waals surface area contributed by atoms with Crippen LogP contribution in [0.25, 0.3) is 10.9 Å². The summed E-state index contributed by atoms with van der Waals surface area (Å²) in [6, 6.07) is 12.7. The zero-order chi connectivity index (χ0) is 14.7. The number of hydrogen-bond acceptors (Lipinski definition) is 4. The number of fused-ring (bicyclic) bond motifs is 1. The van der Waals surface area contributed by atoms with Crippen LogP contribution >= 0.6 is 11.3 Å². The van der Waals surface area contributed by atoms with Crippen LogP contribution in [0.1, 0.15) is 29.4 Å². The molecule has 0 saturated heterocycles. The molecule has 0 aliphatic heterocycles. The molecule has 4 heteroatoms. The maximum Gasteiger partial charge on any atom is 0.0898 e. The summed E-state index contributed by atoms with van der Waals surface area (Å²) in [6.07, 6.45) is 0.863. The van der Waals surface area contributed by atoms with E-state index in [1.165, 1.54) is 5.39 Å². The molecule has 0 aliphatic rings. The van der Waals surface area contributed by atoms with Crippen LogP contribution < -0.4 is 5.32 Å². The van der Waals surface area contributed by atoms with Crippen molar-refractivity contribution in [2.75, 3.05) is 6.54 Å². The SMILES string of the molecule is CCNC(Cc1ccc2ccccc2n1)c1csc(C)n1. The summed E-state index contributed by atoms with van der Waals surface area (Å²) in [5.41, 5.74) is 3.28. The van der Waals surface area contributed by atoms with Crippen molar-refractivity contribution < 1.29 is 0 Å². The largest absolute Gasteiger partial charge is 0.309 e. The van der Waals surface area contributed by atoms with Crippen LogP contribution in [0.15, 0.2) is 41.8 Å². The minimum atomic E-state index is 0.230. The first-order chi connectivity index (χ1) is 10.3. The van der Waals surface area contributed by atoms with E-state index in [4.69, 9.17) is 4.98 Å². The van der Waals surface area contributed by atoms with Crippen molar-refractivity contribution in [3.8, 4) is 0 Å². The van der Waals surface area contributed by atoms with Crippen molar-refractivity contribution in [3.05, 3.63) is 58.2 Å². The quantitative estimate of drug-likeness (QED) is 0.776. The van der Waals surface area contributed by atoms with E-state index in [1.807, 2.05) is 19.1 Å². The summed E-state index contributed by atoms with van der Waals surface area (Å²) in [6.45, 7) is 5.10. The summed E-state index contributed by atoms with van der Waals surface area (Å²) < 4.78 is 0. The minimum Gasteiger partial charge on any atom is -0.309 e. The van der Waals surface area contributed by atoms with Gasteiger partial charge in [-0.3, -0.25) is 4.98 Å². The number of nitrogens with zero attached hydrogens (tertiary/aromatic N) is 2. The summed E-state index contributed by atoms with van der Waals surface area (Å²) in [7, 11) is 0. The van der Waals surface area contributed by atoms with Gasteiger partial charge in [-0.1, -0.05) is 31.2 Å². The van der Waals surface area contributed by atoms with Crippen LogP contribution in [-0.4, -0.2) is 16.5 Å². The number of hydrogen-bond donors (Lipinski definition) is 1. The molecule has 108 valence electrons. The number of nitrogens with one attached hydrogen (secondary N) is 1. The number of para-hydroxylation sites is 1. The molecule has 3 nitrogen and oxygen atoms in total. The Balaban J connectivity index is 1.86. The zero-order valence-corrected chi connectivity index (χ0v) is 13.2. The van der Waals surface area contributed by atoms with Gasteiger partial charge in [-0.25, -0.2) is 4.98 Å². The summed E-state index contributed by atoms with van der Waals surface area (Å²) in [5.74, 6) is 0. The molecule has 1 aromatic carbocycles. The maximum absolute atomic E-state index is 4.77. The second-order valence-corrected chi connectivity index (χ2v) is 6.16. The number of benzene rings is 1. The molecule has 0 radical (unpaired) electrons. The number of thiazole rings is 1. The first kappa shape index (κ1) is 14.2. The Morgan fingerprint density at radius 3 is 2.76 bits per heavy atom. The molecule has 0 aliphatic carbocycles. The fourth-order valence-electron chi connectivity index (χ4n) is 2.50. The van der Waals surface area contributed by atoms with Gasteiger partial charge in [0, 0.05) is 22.9 Å². The highest BCUT2D eigenvalue weighted by molar-refractivity contribution is 7.09. The van der Waals surface area contributed by atoms with E-state index in [2.05, 4.69) is 46.9 Å². The molecule has 0 saturated carbocycles. The smallest absolute Gasteiger partial charge is 0.0898 e. The van der Waals surface area contributed by atoms with Gasteiger partial charge in [0.1, 0.15) is 0 Å². The van der Waals surface area contributed by atoms with E-state index in [-0.39, 0.29) is 6.04 Å². The van der Waals surface area contributed by atoms with Crippen molar-refractivity contribution >= 4 is 22.2 Å². The Kier molecular flexibility index (Phi) is 4.27. The van der Waals surface area contributed by atoms with E-state index in [0.29, 0.717) is 0 Å². The Bertz CT molecular complexity index is 735. The van der Waals surface area contributed by atoms with Crippen molar-refractivity contribution in [1.82, 2.24) is 15.3 Å². The van der Waals surface area contributed by atoms with Crippen molar-refractivity contribution in [1.29, 1.82) is 0 Å². The summed E-state index contributed by atoms with van der Waals surface area (Å²) in [4.78, 5) is 9.38. The molecule has 3 aromatic rings. The molecule has 1 N–H and O–H groups in total. The normalized spacial score (nSPS) is 12.7. The average Bonchev–Trinajstić information content (AvgIpc) is 2.93. The second kappa shape index (κ2) is 6.33. The first-order valence-corrected chi connectivity index (χ1v) is 8.14. The third-order valence-corrected chi connectivity index (χ3v) is 4.31. The molecule has 1 unspecified atom stereocenters. The highest BCUT2D eigenvalue weighted by Crippen LogP contribution is 2.21. The lowest BCUT2D eigenvalue weighted by atomic mass is 10.1. The lowest BCUT2D eigenvalue weighted by Gasteiger charge is -2.15.